The number of aromatic nitrogens is 1. The molecule has 4 N–H and O–H groups in total. The summed E-state index contributed by atoms with van der Waals surface area (Å²) in [6.45, 7) is 2.24. The Hall–Kier alpha value is -5.90. The first-order valence-corrected chi connectivity index (χ1v) is 28.0. The second-order valence-electron chi connectivity index (χ2n) is 21.0. The molecule has 398 valence electrons. The second kappa shape index (κ2) is 19.9. The SMILES string of the molecule is O=C1CCC(N2Cc3c(OCCOCCOCCn4ccc([C@@H]5CN(C(=O)[C@@H]6CC[C@@H]7C[C@H]8C[C@H]8C[C@H](NC(=O)c8cc9cc(C(F)(F)P(=O)(O)O)ccc9s8)C(=O)N76)C6(CC6)C5)cc4=O)cccc3C2=O)C(=O)N1. The van der Waals surface area contributed by atoms with Crippen molar-refractivity contribution in [2.75, 3.05) is 39.6 Å². The van der Waals surface area contributed by atoms with Crippen LogP contribution in [0.4, 0.5) is 8.78 Å². The highest BCUT2D eigenvalue weighted by Crippen LogP contribution is 2.60. The molecule has 7 aliphatic rings. The maximum Gasteiger partial charge on any atom is 0.399 e. The largest absolute Gasteiger partial charge is 0.491 e. The van der Waals surface area contributed by atoms with Crippen molar-refractivity contribution < 1.29 is 66.1 Å². The topological polar surface area (TPSA) is 243 Å². The van der Waals surface area contributed by atoms with Crippen molar-refractivity contribution in [3.8, 4) is 5.75 Å². The molecule has 4 aromatic rings. The van der Waals surface area contributed by atoms with Gasteiger partial charge in [-0.3, -0.25) is 43.4 Å². The lowest BCUT2D eigenvalue weighted by Crippen LogP contribution is -2.57. The number of carbonyl (C=O) groups excluding carboxylic acids is 6. The van der Waals surface area contributed by atoms with Crippen LogP contribution >= 0.6 is 18.9 Å². The fraction of sp³-hybridized carbons (Fsp3) is 0.519. The van der Waals surface area contributed by atoms with Crippen molar-refractivity contribution in [3.63, 3.8) is 0 Å². The van der Waals surface area contributed by atoms with Crippen LogP contribution in [-0.2, 0) is 52.0 Å². The molecule has 0 radical (unpaired) electrons. The van der Waals surface area contributed by atoms with Gasteiger partial charge < -0.3 is 48.6 Å². The molecule has 11 rings (SSSR count). The number of ether oxygens (including phenoxy) is 3. The number of carbonyl (C=O) groups is 6. The van der Waals surface area contributed by atoms with E-state index in [0.29, 0.717) is 66.3 Å². The highest BCUT2D eigenvalue weighted by atomic mass is 32.1. The molecule has 4 saturated heterocycles. The number of benzene rings is 2. The lowest BCUT2D eigenvalue weighted by Gasteiger charge is -2.37. The smallest absolute Gasteiger partial charge is 0.399 e. The van der Waals surface area contributed by atoms with E-state index in [1.807, 2.05) is 11.0 Å². The maximum absolute atomic E-state index is 14.7. The van der Waals surface area contributed by atoms with E-state index in [2.05, 4.69) is 10.6 Å². The number of alkyl halides is 2. The third kappa shape index (κ3) is 9.93. The van der Waals surface area contributed by atoms with Crippen LogP contribution in [0.5, 0.6) is 5.75 Å². The lowest BCUT2D eigenvalue weighted by atomic mass is 9.96. The number of hydrogen-bond donors (Lipinski definition) is 4. The summed E-state index contributed by atoms with van der Waals surface area (Å²) < 4.78 is 60.0. The van der Waals surface area contributed by atoms with Crippen LogP contribution < -0.4 is 20.9 Å². The molecule has 1 spiro atoms. The molecule has 7 atom stereocenters. The van der Waals surface area contributed by atoms with Crippen molar-refractivity contribution >= 4 is 64.5 Å². The minimum Gasteiger partial charge on any atom is -0.491 e. The number of pyridine rings is 1. The molecule has 75 heavy (non-hydrogen) atoms. The number of hydrogen-bond acceptors (Lipinski definition) is 12. The van der Waals surface area contributed by atoms with E-state index in [4.69, 9.17) is 14.2 Å². The molecule has 2 aromatic carbocycles. The number of amides is 6. The van der Waals surface area contributed by atoms with Gasteiger partial charge in [-0.05, 0) is 117 Å². The molecule has 7 heterocycles. The van der Waals surface area contributed by atoms with E-state index >= 15 is 0 Å². The predicted molar refractivity (Wildman–Crippen MR) is 265 cm³/mol. The van der Waals surface area contributed by atoms with Gasteiger partial charge in [0.25, 0.3) is 17.4 Å². The summed E-state index contributed by atoms with van der Waals surface area (Å²) in [6, 6.07) is 10.8. The van der Waals surface area contributed by atoms with Crippen LogP contribution in [0.2, 0.25) is 0 Å². The van der Waals surface area contributed by atoms with Gasteiger partial charge in [0.1, 0.15) is 30.5 Å². The van der Waals surface area contributed by atoms with Crippen LogP contribution in [0.15, 0.2) is 65.6 Å². The zero-order chi connectivity index (χ0) is 52.6. The maximum atomic E-state index is 14.7. The van der Waals surface area contributed by atoms with Gasteiger partial charge in [-0.15, -0.1) is 11.3 Å². The third-order valence-corrected chi connectivity index (χ3v) is 18.4. The molecular formula is C52H57F2N6O13PS. The van der Waals surface area contributed by atoms with Gasteiger partial charge in [-0.25, -0.2) is 0 Å². The van der Waals surface area contributed by atoms with E-state index in [9.17, 15) is 56.7 Å². The monoisotopic (exact) mass is 1070 g/mol. The van der Waals surface area contributed by atoms with Crippen molar-refractivity contribution in [3.05, 3.63) is 98.3 Å². The Bertz CT molecular complexity index is 3100. The van der Waals surface area contributed by atoms with Gasteiger partial charge in [0, 0.05) is 70.7 Å². The minimum atomic E-state index is -5.81. The van der Waals surface area contributed by atoms with Gasteiger partial charge in [0.05, 0.1) is 37.8 Å². The van der Waals surface area contributed by atoms with E-state index < -0.39 is 48.8 Å². The number of piperidine rings is 1. The molecule has 23 heteroatoms. The van der Waals surface area contributed by atoms with Gasteiger partial charge in [-0.2, -0.15) is 8.78 Å². The highest BCUT2D eigenvalue weighted by molar-refractivity contribution is 7.52. The Labute approximate surface area is 433 Å². The minimum absolute atomic E-state index is 0.0751. The zero-order valence-corrected chi connectivity index (χ0v) is 42.5. The van der Waals surface area contributed by atoms with Gasteiger partial charge in [0.2, 0.25) is 23.6 Å². The quantitative estimate of drug-likeness (QED) is 0.0643. The van der Waals surface area contributed by atoms with Crippen LogP contribution in [0, 0.1) is 11.8 Å². The van der Waals surface area contributed by atoms with Gasteiger partial charge in [0.15, 0.2) is 0 Å². The number of rotatable bonds is 17. The van der Waals surface area contributed by atoms with Crippen LogP contribution in [-0.4, -0.2) is 134 Å². The Morgan fingerprint density at radius 1 is 0.907 bits per heavy atom. The first-order chi connectivity index (χ1) is 35.9. The van der Waals surface area contributed by atoms with Crippen LogP contribution in [0.3, 0.4) is 0 Å². The first-order valence-electron chi connectivity index (χ1n) is 25.6. The number of fused-ring (bicyclic) bond motifs is 4. The van der Waals surface area contributed by atoms with Gasteiger partial charge in [-0.1, -0.05) is 12.1 Å². The number of nitrogens with zero attached hydrogens (tertiary/aromatic N) is 4. The summed E-state index contributed by atoms with van der Waals surface area (Å²) in [5.74, 6) is -1.05. The summed E-state index contributed by atoms with van der Waals surface area (Å²) in [6.07, 6.45) is 7.81. The van der Waals surface area contributed by atoms with Crippen molar-refractivity contribution in [2.45, 2.75) is 119 Å². The van der Waals surface area contributed by atoms with E-state index in [1.54, 1.807) is 39.9 Å². The summed E-state index contributed by atoms with van der Waals surface area (Å²) >= 11 is 1.01. The lowest BCUT2D eigenvalue weighted by molar-refractivity contribution is -0.148. The van der Waals surface area contributed by atoms with Crippen LogP contribution in [0.1, 0.15) is 107 Å². The average molecular weight is 1080 g/mol. The normalized spacial score (nSPS) is 26.0. The summed E-state index contributed by atoms with van der Waals surface area (Å²) in [7, 11) is -5.81. The molecule has 6 amide bonds. The molecule has 5 aliphatic heterocycles. The summed E-state index contributed by atoms with van der Waals surface area (Å²) in [4.78, 5) is 117. The van der Waals surface area contributed by atoms with Crippen molar-refractivity contribution in [2.24, 2.45) is 11.8 Å². The summed E-state index contributed by atoms with van der Waals surface area (Å²) in [5.41, 5.74) is -3.84. The fourth-order valence-corrected chi connectivity index (χ4v) is 13.5. The Kier molecular flexibility index (Phi) is 13.6. The number of nitrogens with one attached hydrogen (secondary N) is 2. The highest BCUT2D eigenvalue weighted by Gasteiger charge is 2.59. The molecule has 2 saturated carbocycles. The van der Waals surface area contributed by atoms with Crippen LogP contribution in [0.25, 0.3) is 10.1 Å². The number of halogens is 2. The number of likely N-dealkylation sites (tertiary alicyclic amines) is 1. The Morgan fingerprint density at radius 2 is 1.68 bits per heavy atom. The van der Waals surface area contributed by atoms with Gasteiger partial charge >= 0.3 is 13.3 Å². The first kappa shape index (κ1) is 51.2. The van der Waals surface area contributed by atoms with E-state index in [1.165, 1.54) is 17.0 Å². The Morgan fingerprint density at radius 3 is 2.44 bits per heavy atom. The Balaban J connectivity index is 0.652. The second-order valence-corrected chi connectivity index (χ2v) is 23.7. The third-order valence-electron chi connectivity index (χ3n) is 16.3. The predicted octanol–water partition coefficient (Wildman–Crippen LogP) is 4.60. The number of imide groups is 1. The molecule has 2 aromatic heterocycles. The molecule has 1 unspecified atom stereocenters. The standard InChI is InChI=1S/C52H57F2N6O13PS/c53-52(54,74(68,69)70)34-4-8-42-32(21-34)24-43(75-42)47(64)55-38-23-31-20-30(31)22-35-5-6-40(60(35)49(38)66)50(67)59-27-33(26-51(59)11-12-51)29-10-13-57(45(62)25-29)14-15-71-16-17-72-18-19-73-41-3-1-2-36-37(41)28-58(48(36)65)39-7-9-44(61)56-46(39)63/h1-4,8,10,13,21,24-25,30-31,33,35,38-40H,5-7,9,11-12,14-20,22-23,26-28H2,(H,55,64)(H,56,61,63)(H2,68,69,70)/t30-,31+,33+,35-,38+,39?,40+/m1/s1. The summed E-state index contributed by atoms with van der Waals surface area (Å²) in [5, 5.41) is 5.42. The zero-order valence-electron chi connectivity index (χ0n) is 40.8. The van der Waals surface area contributed by atoms with E-state index in [-0.39, 0.29) is 115 Å². The number of thiophene rings is 1. The van der Waals surface area contributed by atoms with E-state index in [0.717, 1.165) is 54.7 Å². The average Bonchev–Trinajstić information content (AvgIpc) is 4.05. The molecular weight excluding hydrogens is 1020 g/mol. The fourth-order valence-electron chi connectivity index (χ4n) is 12.1. The molecule has 6 fully saturated rings. The molecule has 19 nitrogen and oxygen atoms in total. The van der Waals surface area contributed by atoms with Crippen molar-refractivity contribution in [1.82, 2.24) is 29.9 Å². The molecule has 2 aliphatic carbocycles. The molecule has 0 bridgehead atoms. The van der Waals surface area contributed by atoms with Crippen molar-refractivity contribution in [1.29, 1.82) is 0 Å².